The molecule has 9 heteroatoms. The van der Waals surface area contributed by atoms with Gasteiger partial charge in [0, 0.05) is 5.02 Å². The zero-order valence-corrected chi connectivity index (χ0v) is 10.0. The van der Waals surface area contributed by atoms with E-state index in [0.29, 0.717) is 0 Å². The van der Waals surface area contributed by atoms with Crippen molar-refractivity contribution in [3.63, 3.8) is 0 Å². The summed E-state index contributed by atoms with van der Waals surface area (Å²) in [6.45, 7) is 0. The van der Waals surface area contributed by atoms with E-state index in [1.807, 2.05) is 0 Å². The third kappa shape index (κ3) is 2.95. The van der Waals surface area contributed by atoms with Crippen molar-refractivity contribution in [1.29, 1.82) is 0 Å². The van der Waals surface area contributed by atoms with Gasteiger partial charge in [-0.3, -0.25) is 4.55 Å². The zero-order valence-electron chi connectivity index (χ0n) is 7.64. The second-order valence-corrected chi connectivity index (χ2v) is 5.03. The van der Waals surface area contributed by atoms with Crippen LogP contribution >= 0.6 is 23.8 Å². The van der Waals surface area contributed by atoms with E-state index in [4.69, 9.17) is 21.9 Å². The molecule has 0 fully saturated rings. The van der Waals surface area contributed by atoms with Crippen molar-refractivity contribution in [1.82, 2.24) is 0 Å². The largest absolute Gasteiger partial charge is 0.504 e. The molecule has 88 valence electrons. The van der Waals surface area contributed by atoms with Gasteiger partial charge >= 0.3 is 0 Å². The first-order valence-electron chi connectivity index (χ1n) is 3.78. The van der Waals surface area contributed by atoms with Crippen LogP contribution in [0, 0.1) is 0 Å². The highest BCUT2D eigenvalue weighted by Gasteiger charge is 2.19. The van der Waals surface area contributed by atoms with Gasteiger partial charge in [-0.05, 0) is 24.4 Å². The van der Waals surface area contributed by atoms with Crippen LogP contribution in [0.2, 0.25) is 5.02 Å². The summed E-state index contributed by atoms with van der Waals surface area (Å²) in [7, 11) is -4.57. The van der Waals surface area contributed by atoms with E-state index in [0.717, 1.165) is 6.07 Å². The van der Waals surface area contributed by atoms with Gasteiger partial charge in [0.15, 0.2) is 10.9 Å². The molecule has 0 heterocycles. The summed E-state index contributed by atoms with van der Waals surface area (Å²) in [6, 6.07) is 2.11. The number of benzene rings is 1. The van der Waals surface area contributed by atoms with Crippen molar-refractivity contribution in [2.24, 2.45) is 5.73 Å². The number of nitrogens with one attached hydrogen (secondary N) is 1. The quantitative estimate of drug-likeness (QED) is 0.363. The van der Waals surface area contributed by atoms with Crippen LogP contribution in [0.15, 0.2) is 17.0 Å². The monoisotopic (exact) mass is 282 g/mol. The highest BCUT2D eigenvalue weighted by atomic mass is 35.5. The van der Waals surface area contributed by atoms with Crippen molar-refractivity contribution in [2.75, 3.05) is 5.32 Å². The lowest BCUT2D eigenvalue weighted by Crippen LogP contribution is -2.19. The SMILES string of the molecule is NC(=S)Nc1cc(Cl)cc(S(=O)(=O)O)c1O. The molecule has 6 nitrogen and oxygen atoms in total. The second kappa shape index (κ2) is 4.42. The highest BCUT2D eigenvalue weighted by molar-refractivity contribution is 7.86. The van der Waals surface area contributed by atoms with Crippen LogP contribution in [0.25, 0.3) is 0 Å². The van der Waals surface area contributed by atoms with Crippen molar-refractivity contribution in [3.8, 4) is 5.75 Å². The first kappa shape index (κ1) is 13.0. The fourth-order valence-corrected chi connectivity index (χ4v) is 2.02. The third-order valence-corrected chi connectivity index (χ3v) is 2.76. The summed E-state index contributed by atoms with van der Waals surface area (Å²) in [6.07, 6.45) is 0. The smallest absolute Gasteiger partial charge is 0.298 e. The van der Waals surface area contributed by atoms with Crippen LogP contribution in [-0.4, -0.2) is 23.2 Å². The molecule has 16 heavy (non-hydrogen) atoms. The Bertz CT molecular complexity index is 544. The van der Waals surface area contributed by atoms with Crippen molar-refractivity contribution >= 4 is 44.7 Å². The molecule has 0 saturated heterocycles. The van der Waals surface area contributed by atoms with E-state index in [1.54, 1.807) is 0 Å². The summed E-state index contributed by atoms with van der Waals surface area (Å²) >= 11 is 10.1. The van der Waals surface area contributed by atoms with Gasteiger partial charge in [0.25, 0.3) is 10.1 Å². The molecule has 1 aromatic rings. The predicted octanol–water partition coefficient (Wildman–Crippen LogP) is 0.948. The van der Waals surface area contributed by atoms with Gasteiger partial charge in [-0.15, -0.1) is 0 Å². The molecule has 5 N–H and O–H groups in total. The fraction of sp³-hybridized carbons (Fsp3) is 0. The van der Waals surface area contributed by atoms with E-state index < -0.39 is 20.8 Å². The lowest BCUT2D eigenvalue weighted by Gasteiger charge is -2.09. The average Bonchev–Trinajstić information content (AvgIpc) is 2.07. The number of rotatable bonds is 2. The molecule has 0 aliphatic carbocycles. The lowest BCUT2D eigenvalue weighted by molar-refractivity contribution is 0.445. The first-order valence-corrected chi connectivity index (χ1v) is 6.01. The lowest BCUT2D eigenvalue weighted by atomic mass is 10.3. The van der Waals surface area contributed by atoms with Gasteiger partial charge in [0.1, 0.15) is 4.90 Å². The number of hydrogen-bond acceptors (Lipinski definition) is 4. The standard InChI is InChI=1S/C7H7ClN2O4S2/c8-3-1-4(10-7(9)15)6(11)5(2-3)16(12,13)14/h1-2,11H,(H3,9,10,15)(H,12,13,14). The summed E-state index contributed by atoms with van der Waals surface area (Å²) in [4.78, 5) is -0.723. The number of aromatic hydroxyl groups is 1. The van der Waals surface area contributed by atoms with E-state index in [1.165, 1.54) is 6.07 Å². The predicted molar refractivity (Wildman–Crippen MR) is 63.3 cm³/mol. The molecule has 0 aromatic heterocycles. The van der Waals surface area contributed by atoms with E-state index in [-0.39, 0.29) is 15.8 Å². The van der Waals surface area contributed by atoms with Crippen LogP contribution in [0.5, 0.6) is 5.75 Å². The number of nitrogens with two attached hydrogens (primary N) is 1. The number of thiocarbonyl (C=S) groups is 1. The molecule has 0 radical (unpaired) electrons. The highest BCUT2D eigenvalue weighted by Crippen LogP contribution is 2.34. The van der Waals surface area contributed by atoms with E-state index in [2.05, 4.69) is 17.5 Å². The normalized spacial score (nSPS) is 11.1. The van der Waals surface area contributed by atoms with Gasteiger partial charge in [0.2, 0.25) is 0 Å². The second-order valence-electron chi connectivity index (χ2n) is 2.76. The summed E-state index contributed by atoms with van der Waals surface area (Å²) in [5, 5.41) is 11.7. The topological polar surface area (TPSA) is 113 Å². The van der Waals surface area contributed by atoms with E-state index >= 15 is 0 Å². The Hall–Kier alpha value is -1.09. The molecule has 0 amide bonds. The maximum Gasteiger partial charge on any atom is 0.298 e. The number of phenolic OH excluding ortho intramolecular Hbond substituents is 1. The molecule has 0 atom stereocenters. The minimum absolute atomic E-state index is 0.0100. The van der Waals surface area contributed by atoms with Gasteiger partial charge in [0.05, 0.1) is 5.69 Å². The minimum Gasteiger partial charge on any atom is -0.504 e. The number of phenols is 1. The molecule has 0 aliphatic rings. The molecule has 0 aliphatic heterocycles. The Morgan fingerprint density at radius 3 is 2.50 bits per heavy atom. The molecule has 1 rings (SSSR count). The molecule has 0 unspecified atom stereocenters. The molecular formula is C7H7ClN2O4S2. The van der Waals surface area contributed by atoms with Gasteiger partial charge < -0.3 is 16.2 Å². The maximum absolute atomic E-state index is 10.9. The fourth-order valence-electron chi connectivity index (χ4n) is 0.999. The average molecular weight is 283 g/mol. The Labute approximate surface area is 102 Å². The molecule has 1 aromatic carbocycles. The molecule has 0 bridgehead atoms. The van der Waals surface area contributed by atoms with Gasteiger partial charge in [-0.25, -0.2) is 0 Å². The van der Waals surface area contributed by atoms with Crippen molar-refractivity contribution in [2.45, 2.75) is 4.90 Å². The van der Waals surface area contributed by atoms with Crippen LogP contribution in [0.1, 0.15) is 0 Å². The van der Waals surface area contributed by atoms with Gasteiger partial charge in [-0.1, -0.05) is 11.6 Å². The Kier molecular flexibility index (Phi) is 3.58. The Balaban J connectivity index is 3.44. The molecule has 0 spiro atoms. The van der Waals surface area contributed by atoms with Crippen molar-refractivity contribution in [3.05, 3.63) is 17.2 Å². The Morgan fingerprint density at radius 2 is 2.06 bits per heavy atom. The molecule has 0 saturated carbocycles. The first-order chi connectivity index (χ1) is 7.21. The number of anilines is 1. The zero-order chi connectivity index (χ0) is 12.5. The van der Waals surface area contributed by atoms with E-state index in [9.17, 15) is 13.5 Å². The minimum atomic E-state index is -4.57. The van der Waals surface area contributed by atoms with Crippen LogP contribution in [0.3, 0.4) is 0 Å². The summed E-state index contributed by atoms with van der Waals surface area (Å²) in [5.74, 6) is -0.709. The van der Waals surface area contributed by atoms with Gasteiger partial charge in [-0.2, -0.15) is 8.42 Å². The van der Waals surface area contributed by atoms with Crippen molar-refractivity contribution < 1.29 is 18.1 Å². The number of hydrogen-bond donors (Lipinski definition) is 4. The Morgan fingerprint density at radius 1 is 1.50 bits per heavy atom. The summed E-state index contributed by atoms with van der Waals surface area (Å²) < 4.78 is 30.6. The summed E-state index contributed by atoms with van der Waals surface area (Å²) in [5.41, 5.74) is 5.05. The maximum atomic E-state index is 10.9. The van der Waals surface area contributed by atoms with Crippen LogP contribution < -0.4 is 11.1 Å². The third-order valence-electron chi connectivity index (χ3n) is 1.58. The van der Waals surface area contributed by atoms with Crippen LogP contribution in [0.4, 0.5) is 5.69 Å². The molecular weight excluding hydrogens is 276 g/mol. The number of halogens is 1. The van der Waals surface area contributed by atoms with Crippen LogP contribution in [-0.2, 0) is 10.1 Å².